The Balaban J connectivity index is 1.99. The number of amides is 1. The Hall–Kier alpha value is -3.53. The molecule has 10 nitrogen and oxygen atoms in total. The lowest BCUT2D eigenvalue weighted by molar-refractivity contribution is 0.0951. The van der Waals surface area contributed by atoms with Crippen LogP contribution < -0.4 is 21.3 Å². The summed E-state index contributed by atoms with van der Waals surface area (Å²) in [6.45, 7) is 6.81. The standard InChI is InChI=1S/C22H27N5O5/c1-5-27-18-17(20(29)26-22(27)30)15(11-16(25-18)13(2)3)19(28)24-12-14-7-6-8-23-21(14)32-10-9-31-4/h6-8,11,13H,5,9-10,12H2,1-4H3,(H,24,28)(H,26,29,30). The van der Waals surface area contributed by atoms with Crippen LogP contribution in [0.25, 0.3) is 11.0 Å². The SMILES string of the molecule is CCn1c(=O)[nH]c(=O)c2c(C(=O)NCc3cccnc3OCCOC)cc(C(C)C)nc21. The summed E-state index contributed by atoms with van der Waals surface area (Å²) in [6.07, 6.45) is 1.60. The maximum absolute atomic E-state index is 13.2. The maximum Gasteiger partial charge on any atom is 0.329 e. The highest BCUT2D eigenvalue weighted by Crippen LogP contribution is 2.20. The van der Waals surface area contributed by atoms with Crippen molar-refractivity contribution in [2.24, 2.45) is 0 Å². The van der Waals surface area contributed by atoms with Gasteiger partial charge in [0.2, 0.25) is 5.88 Å². The predicted molar refractivity (Wildman–Crippen MR) is 119 cm³/mol. The van der Waals surface area contributed by atoms with Gasteiger partial charge in [-0.15, -0.1) is 0 Å². The molecule has 3 heterocycles. The number of hydrogen-bond donors (Lipinski definition) is 2. The third kappa shape index (κ3) is 4.86. The van der Waals surface area contributed by atoms with Crippen LogP contribution >= 0.6 is 0 Å². The molecule has 0 bridgehead atoms. The van der Waals surface area contributed by atoms with Crippen molar-refractivity contribution < 1.29 is 14.3 Å². The molecule has 0 saturated heterocycles. The van der Waals surface area contributed by atoms with Crippen LogP contribution in [0.2, 0.25) is 0 Å². The van der Waals surface area contributed by atoms with E-state index in [0.717, 1.165) is 0 Å². The van der Waals surface area contributed by atoms with Gasteiger partial charge in [-0.3, -0.25) is 19.1 Å². The van der Waals surface area contributed by atoms with Gasteiger partial charge in [-0.25, -0.2) is 14.8 Å². The quantitative estimate of drug-likeness (QED) is 0.483. The summed E-state index contributed by atoms with van der Waals surface area (Å²) in [7, 11) is 1.58. The van der Waals surface area contributed by atoms with E-state index in [-0.39, 0.29) is 29.1 Å². The van der Waals surface area contributed by atoms with E-state index in [1.807, 2.05) is 13.8 Å². The molecule has 0 spiro atoms. The summed E-state index contributed by atoms with van der Waals surface area (Å²) < 4.78 is 11.9. The highest BCUT2D eigenvalue weighted by atomic mass is 16.5. The Morgan fingerprint density at radius 3 is 2.75 bits per heavy atom. The molecule has 1 amide bonds. The molecule has 0 unspecified atom stereocenters. The number of H-pyrrole nitrogens is 1. The Morgan fingerprint density at radius 2 is 2.06 bits per heavy atom. The van der Waals surface area contributed by atoms with Gasteiger partial charge in [0.05, 0.1) is 17.6 Å². The zero-order chi connectivity index (χ0) is 23.3. The van der Waals surface area contributed by atoms with Crippen LogP contribution in [0.15, 0.2) is 34.0 Å². The molecule has 0 saturated carbocycles. The van der Waals surface area contributed by atoms with Crippen LogP contribution in [0.3, 0.4) is 0 Å². The van der Waals surface area contributed by atoms with Gasteiger partial charge in [-0.1, -0.05) is 19.9 Å². The van der Waals surface area contributed by atoms with Crippen LogP contribution in [-0.2, 0) is 17.8 Å². The second-order valence-corrected chi connectivity index (χ2v) is 7.44. The van der Waals surface area contributed by atoms with Crippen molar-refractivity contribution in [1.29, 1.82) is 0 Å². The number of ether oxygens (including phenoxy) is 2. The van der Waals surface area contributed by atoms with Crippen molar-refractivity contribution in [1.82, 2.24) is 24.8 Å². The van der Waals surface area contributed by atoms with Gasteiger partial charge < -0.3 is 14.8 Å². The first kappa shape index (κ1) is 23.1. The molecule has 3 aromatic heterocycles. The van der Waals surface area contributed by atoms with Crippen molar-refractivity contribution in [2.45, 2.75) is 39.8 Å². The summed E-state index contributed by atoms with van der Waals surface area (Å²) >= 11 is 0. The van der Waals surface area contributed by atoms with E-state index in [2.05, 4.69) is 20.3 Å². The Kier molecular flexibility index (Phi) is 7.37. The fourth-order valence-electron chi connectivity index (χ4n) is 3.24. The third-order valence-corrected chi connectivity index (χ3v) is 4.94. The topological polar surface area (TPSA) is 128 Å². The Labute approximate surface area is 184 Å². The van der Waals surface area contributed by atoms with Crippen molar-refractivity contribution in [3.8, 4) is 5.88 Å². The van der Waals surface area contributed by atoms with Crippen molar-refractivity contribution in [2.75, 3.05) is 20.3 Å². The molecule has 3 rings (SSSR count). The van der Waals surface area contributed by atoms with Crippen molar-refractivity contribution >= 4 is 16.9 Å². The van der Waals surface area contributed by atoms with Gasteiger partial charge in [0, 0.05) is 37.7 Å². The first-order chi connectivity index (χ1) is 15.4. The van der Waals surface area contributed by atoms with Gasteiger partial charge in [-0.05, 0) is 25.0 Å². The number of methoxy groups -OCH3 is 1. The number of nitrogens with zero attached hydrogens (tertiary/aromatic N) is 3. The van der Waals surface area contributed by atoms with E-state index in [1.54, 1.807) is 38.4 Å². The van der Waals surface area contributed by atoms with Gasteiger partial charge in [0.15, 0.2) is 5.65 Å². The van der Waals surface area contributed by atoms with E-state index in [0.29, 0.717) is 36.9 Å². The molecule has 32 heavy (non-hydrogen) atoms. The molecule has 2 N–H and O–H groups in total. The second-order valence-electron chi connectivity index (χ2n) is 7.44. The number of rotatable bonds is 9. The van der Waals surface area contributed by atoms with Crippen LogP contribution in [0, 0.1) is 0 Å². The number of fused-ring (bicyclic) bond motifs is 1. The third-order valence-electron chi connectivity index (χ3n) is 4.94. The highest BCUT2D eigenvalue weighted by molar-refractivity contribution is 6.05. The largest absolute Gasteiger partial charge is 0.475 e. The van der Waals surface area contributed by atoms with Crippen molar-refractivity contribution in [3.05, 3.63) is 62.1 Å². The number of carbonyl (C=O) groups excluding carboxylic acids is 1. The highest BCUT2D eigenvalue weighted by Gasteiger charge is 2.20. The average Bonchev–Trinajstić information content (AvgIpc) is 2.77. The number of hydrogen-bond acceptors (Lipinski definition) is 7. The summed E-state index contributed by atoms with van der Waals surface area (Å²) in [5.41, 5.74) is 0.444. The fourth-order valence-corrected chi connectivity index (χ4v) is 3.24. The fraction of sp³-hybridized carbons (Fsp3) is 0.409. The molecule has 170 valence electrons. The monoisotopic (exact) mass is 441 g/mol. The molecule has 10 heteroatoms. The minimum absolute atomic E-state index is 0.00948. The Morgan fingerprint density at radius 1 is 1.28 bits per heavy atom. The zero-order valence-corrected chi connectivity index (χ0v) is 18.6. The lowest BCUT2D eigenvalue weighted by atomic mass is 10.0. The van der Waals surface area contributed by atoms with Crippen LogP contribution in [0.4, 0.5) is 0 Å². The predicted octanol–water partition coefficient (Wildman–Crippen LogP) is 1.58. The normalized spacial score (nSPS) is 11.2. The van der Waals surface area contributed by atoms with Gasteiger partial charge in [0.25, 0.3) is 11.5 Å². The summed E-state index contributed by atoms with van der Waals surface area (Å²) in [6, 6.07) is 5.14. The number of pyridine rings is 2. The molecular weight excluding hydrogens is 414 g/mol. The molecule has 0 aromatic carbocycles. The molecule has 0 aliphatic heterocycles. The molecule has 0 radical (unpaired) electrons. The number of aromatic amines is 1. The van der Waals surface area contributed by atoms with Gasteiger partial charge in [-0.2, -0.15) is 0 Å². The number of aromatic nitrogens is 4. The first-order valence-corrected chi connectivity index (χ1v) is 10.4. The second kappa shape index (κ2) is 10.2. The van der Waals surface area contributed by atoms with Crippen LogP contribution in [-0.4, -0.2) is 45.7 Å². The molecular formula is C22H27N5O5. The number of aryl methyl sites for hydroxylation is 1. The summed E-state index contributed by atoms with van der Waals surface area (Å²) in [5.74, 6) is -0.0764. The summed E-state index contributed by atoms with van der Waals surface area (Å²) in [5, 5.41) is 2.91. The minimum Gasteiger partial charge on any atom is -0.475 e. The average molecular weight is 441 g/mol. The lowest BCUT2D eigenvalue weighted by Crippen LogP contribution is -2.33. The number of nitrogens with one attached hydrogen (secondary N) is 2. The Bertz CT molecular complexity index is 1230. The van der Waals surface area contributed by atoms with Crippen LogP contribution in [0.1, 0.15) is 48.3 Å². The first-order valence-electron chi connectivity index (χ1n) is 10.4. The molecule has 3 aromatic rings. The van der Waals surface area contributed by atoms with Crippen molar-refractivity contribution in [3.63, 3.8) is 0 Å². The smallest absolute Gasteiger partial charge is 0.329 e. The van der Waals surface area contributed by atoms with Gasteiger partial charge in [0.1, 0.15) is 6.61 Å². The maximum atomic E-state index is 13.2. The van der Waals surface area contributed by atoms with Gasteiger partial charge >= 0.3 is 5.69 Å². The molecule has 0 aliphatic carbocycles. The van der Waals surface area contributed by atoms with E-state index in [9.17, 15) is 14.4 Å². The van der Waals surface area contributed by atoms with E-state index in [1.165, 1.54) is 4.57 Å². The molecule has 0 atom stereocenters. The molecule has 0 aliphatic rings. The van der Waals surface area contributed by atoms with Crippen LogP contribution in [0.5, 0.6) is 5.88 Å². The van der Waals surface area contributed by atoms with E-state index < -0.39 is 17.2 Å². The summed E-state index contributed by atoms with van der Waals surface area (Å²) in [4.78, 5) is 49.0. The molecule has 0 fully saturated rings. The number of carbonyl (C=O) groups is 1. The van der Waals surface area contributed by atoms with E-state index in [4.69, 9.17) is 9.47 Å². The minimum atomic E-state index is -0.646. The zero-order valence-electron chi connectivity index (χ0n) is 18.6. The lowest BCUT2D eigenvalue weighted by Gasteiger charge is -2.15. The van der Waals surface area contributed by atoms with E-state index >= 15 is 0 Å².